The maximum atomic E-state index is 13.6. The molecule has 0 aliphatic rings. The molecule has 0 saturated carbocycles. The summed E-state index contributed by atoms with van der Waals surface area (Å²) in [6, 6.07) is 9.25. The Bertz CT molecular complexity index is 529. The van der Waals surface area contributed by atoms with Crippen molar-refractivity contribution in [2.75, 3.05) is 0 Å². The average molecular weight is 269 g/mol. The van der Waals surface area contributed by atoms with E-state index in [4.69, 9.17) is 16.3 Å². The lowest BCUT2D eigenvalue weighted by Crippen LogP contribution is -1.94. The lowest BCUT2D eigenvalue weighted by molar-refractivity contribution is 0.406. The molecule has 0 atom stereocenters. The second-order valence-electron chi connectivity index (χ2n) is 3.94. The summed E-state index contributed by atoms with van der Waals surface area (Å²) >= 11 is 5.53. The standard InChI is InChI=1S/C14H11ClF2O/c1-9-2-4-11(5-3-9)18-14-12(16)6-10(8-15)7-13(14)17/h2-7H,8H2,1H3. The van der Waals surface area contributed by atoms with Crippen LogP contribution in [-0.2, 0) is 5.88 Å². The summed E-state index contributed by atoms with van der Waals surface area (Å²) in [5.41, 5.74) is 1.42. The zero-order valence-corrected chi connectivity index (χ0v) is 10.5. The van der Waals surface area contributed by atoms with Crippen LogP contribution in [0.4, 0.5) is 8.78 Å². The van der Waals surface area contributed by atoms with Crippen LogP contribution >= 0.6 is 11.6 Å². The van der Waals surface area contributed by atoms with Crippen LogP contribution in [0.3, 0.4) is 0 Å². The number of hydrogen-bond donors (Lipinski definition) is 0. The van der Waals surface area contributed by atoms with Crippen molar-refractivity contribution in [3.63, 3.8) is 0 Å². The van der Waals surface area contributed by atoms with Gasteiger partial charge in [0.2, 0.25) is 0 Å². The summed E-state index contributed by atoms with van der Waals surface area (Å²) in [6.07, 6.45) is 0. The number of ether oxygens (including phenoxy) is 1. The smallest absolute Gasteiger partial charge is 0.198 e. The van der Waals surface area contributed by atoms with E-state index in [1.165, 1.54) is 12.1 Å². The van der Waals surface area contributed by atoms with Gasteiger partial charge in [-0.1, -0.05) is 17.7 Å². The molecule has 4 heteroatoms. The Morgan fingerprint density at radius 3 is 2.11 bits per heavy atom. The van der Waals surface area contributed by atoms with Crippen LogP contribution in [0.25, 0.3) is 0 Å². The van der Waals surface area contributed by atoms with E-state index in [-0.39, 0.29) is 5.88 Å². The molecule has 0 unspecified atom stereocenters. The van der Waals surface area contributed by atoms with E-state index < -0.39 is 17.4 Å². The van der Waals surface area contributed by atoms with E-state index in [1.807, 2.05) is 6.92 Å². The minimum atomic E-state index is -0.758. The predicted octanol–water partition coefficient (Wildman–Crippen LogP) is 4.80. The van der Waals surface area contributed by atoms with Crippen molar-refractivity contribution >= 4 is 11.6 Å². The molecule has 1 nitrogen and oxygen atoms in total. The summed E-state index contributed by atoms with van der Waals surface area (Å²) in [4.78, 5) is 0. The van der Waals surface area contributed by atoms with Gasteiger partial charge in [-0.3, -0.25) is 0 Å². The van der Waals surface area contributed by atoms with Gasteiger partial charge in [-0.05, 0) is 36.8 Å². The molecule has 0 aliphatic heterocycles. The molecule has 0 amide bonds. The first-order valence-electron chi connectivity index (χ1n) is 5.38. The molecule has 2 aromatic carbocycles. The van der Waals surface area contributed by atoms with E-state index in [9.17, 15) is 8.78 Å². The van der Waals surface area contributed by atoms with Crippen molar-refractivity contribution in [2.24, 2.45) is 0 Å². The maximum Gasteiger partial charge on any atom is 0.198 e. The predicted molar refractivity (Wildman–Crippen MR) is 67.2 cm³/mol. The monoisotopic (exact) mass is 268 g/mol. The van der Waals surface area contributed by atoms with Crippen LogP contribution in [0, 0.1) is 18.6 Å². The van der Waals surface area contributed by atoms with Gasteiger partial charge in [0.1, 0.15) is 5.75 Å². The van der Waals surface area contributed by atoms with Gasteiger partial charge in [-0.15, -0.1) is 11.6 Å². The van der Waals surface area contributed by atoms with Crippen molar-refractivity contribution < 1.29 is 13.5 Å². The fraction of sp³-hybridized carbons (Fsp3) is 0.143. The summed E-state index contributed by atoms with van der Waals surface area (Å²) in [6.45, 7) is 1.92. The molecule has 2 rings (SSSR count). The lowest BCUT2D eigenvalue weighted by Gasteiger charge is -2.09. The third kappa shape index (κ3) is 2.79. The summed E-state index contributed by atoms with van der Waals surface area (Å²) in [7, 11) is 0. The van der Waals surface area contributed by atoms with Crippen LogP contribution in [0.1, 0.15) is 11.1 Å². The van der Waals surface area contributed by atoms with Crippen LogP contribution in [0.15, 0.2) is 36.4 Å². The zero-order valence-electron chi connectivity index (χ0n) is 9.71. The Labute approximate surface area is 109 Å². The fourth-order valence-electron chi connectivity index (χ4n) is 1.51. The molecule has 0 bridgehead atoms. The Morgan fingerprint density at radius 2 is 1.61 bits per heavy atom. The Kier molecular flexibility index (Phi) is 3.82. The maximum absolute atomic E-state index is 13.6. The van der Waals surface area contributed by atoms with Crippen molar-refractivity contribution in [2.45, 2.75) is 12.8 Å². The highest BCUT2D eigenvalue weighted by molar-refractivity contribution is 6.17. The number of halogens is 3. The van der Waals surface area contributed by atoms with Crippen molar-refractivity contribution in [3.8, 4) is 11.5 Å². The third-order valence-corrected chi connectivity index (χ3v) is 2.76. The first kappa shape index (κ1) is 12.8. The first-order valence-corrected chi connectivity index (χ1v) is 5.92. The van der Waals surface area contributed by atoms with Gasteiger partial charge in [0.25, 0.3) is 0 Å². The molecular weight excluding hydrogens is 258 g/mol. The van der Waals surface area contributed by atoms with Gasteiger partial charge < -0.3 is 4.74 Å². The Hall–Kier alpha value is -1.61. The minimum absolute atomic E-state index is 0.0542. The molecule has 0 aromatic heterocycles. The van der Waals surface area contributed by atoms with Gasteiger partial charge in [0, 0.05) is 5.88 Å². The summed E-state index contributed by atoms with van der Waals surface area (Å²) in [5, 5.41) is 0. The topological polar surface area (TPSA) is 9.23 Å². The van der Waals surface area contributed by atoms with Crippen LogP contribution in [-0.4, -0.2) is 0 Å². The molecule has 0 N–H and O–H groups in total. The molecule has 0 heterocycles. The molecule has 94 valence electrons. The van der Waals surface area contributed by atoms with E-state index in [0.717, 1.165) is 5.56 Å². The van der Waals surface area contributed by atoms with Crippen LogP contribution in [0.5, 0.6) is 11.5 Å². The Morgan fingerprint density at radius 1 is 1.06 bits per heavy atom. The van der Waals surface area contributed by atoms with Gasteiger partial charge in [0.05, 0.1) is 0 Å². The second kappa shape index (κ2) is 5.36. The normalized spacial score (nSPS) is 10.4. The molecule has 0 aliphatic carbocycles. The van der Waals surface area contributed by atoms with Crippen LogP contribution < -0.4 is 4.74 Å². The highest BCUT2D eigenvalue weighted by atomic mass is 35.5. The number of aryl methyl sites for hydroxylation is 1. The van der Waals surface area contributed by atoms with Crippen molar-refractivity contribution in [1.82, 2.24) is 0 Å². The number of hydrogen-bond acceptors (Lipinski definition) is 1. The highest BCUT2D eigenvalue weighted by Crippen LogP contribution is 2.29. The fourth-order valence-corrected chi connectivity index (χ4v) is 1.67. The molecule has 2 aromatic rings. The molecule has 18 heavy (non-hydrogen) atoms. The van der Waals surface area contributed by atoms with E-state index in [2.05, 4.69) is 0 Å². The number of alkyl halides is 1. The van der Waals surface area contributed by atoms with Gasteiger partial charge in [-0.25, -0.2) is 8.78 Å². The number of benzene rings is 2. The largest absolute Gasteiger partial charge is 0.451 e. The van der Waals surface area contributed by atoms with E-state index in [0.29, 0.717) is 11.3 Å². The summed E-state index contributed by atoms with van der Waals surface area (Å²) in [5.74, 6) is -1.49. The quantitative estimate of drug-likeness (QED) is 0.726. The van der Waals surface area contributed by atoms with Crippen molar-refractivity contribution in [1.29, 1.82) is 0 Å². The summed E-state index contributed by atoms with van der Waals surface area (Å²) < 4.78 is 32.5. The third-order valence-electron chi connectivity index (χ3n) is 2.45. The number of rotatable bonds is 3. The molecule has 0 fully saturated rings. The van der Waals surface area contributed by atoms with Gasteiger partial charge in [0.15, 0.2) is 17.4 Å². The minimum Gasteiger partial charge on any atom is -0.451 e. The molecule has 0 saturated heterocycles. The highest BCUT2D eigenvalue weighted by Gasteiger charge is 2.13. The van der Waals surface area contributed by atoms with Crippen LogP contribution in [0.2, 0.25) is 0 Å². The lowest BCUT2D eigenvalue weighted by atomic mass is 10.2. The second-order valence-corrected chi connectivity index (χ2v) is 4.20. The molecular formula is C14H11ClF2O. The zero-order chi connectivity index (χ0) is 13.1. The van der Waals surface area contributed by atoms with Gasteiger partial charge in [-0.2, -0.15) is 0 Å². The molecule has 0 radical (unpaired) electrons. The van der Waals surface area contributed by atoms with E-state index >= 15 is 0 Å². The molecule has 0 spiro atoms. The van der Waals surface area contributed by atoms with Crippen molar-refractivity contribution in [3.05, 3.63) is 59.2 Å². The first-order chi connectivity index (χ1) is 8.60. The van der Waals surface area contributed by atoms with Gasteiger partial charge >= 0.3 is 0 Å². The SMILES string of the molecule is Cc1ccc(Oc2c(F)cc(CCl)cc2F)cc1. The van der Waals surface area contributed by atoms with E-state index in [1.54, 1.807) is 24.3 Å². The average Bonchev–Trinajstić information content (AvgIpc) is 2.35. The Balaban J connectivity index is 2.31.